The Morgan fingerprint density at radius 3 is 2.60 bits per heavy atom. The smallest absolute Gasteiger partial charge is 0.410 e. The zero-order chi connectivity index (χ0) is 35.5. The third kappa shape index (κ3) is 5.98. The second-order valence-corrected chi connectivity index (χ2v) is 14.5. The maximum Gasteiger partial charge on any atom is 0.410 e. The van der Waals surface area contributed by atoms with Gasteiger partial charge in [0, 0.05) is 59.4 Å². The number of methoxy groups -OCH3 is 1. The van der Waals surface area contributed by atoms with E-state index >= 15 is 4.39 Å². The van der Waals surface area contributed by atoms with Gasteiger partial charge in [-0.1, -0.05) is 6.07 Å². The number of carbonyl (C=O) groups is 1. The molecule has 2 atom stereocenters. The van der Waals surface area contributed by atoms with Gasteiger partial charge in [0.2, 0.25) is 0 Å². The molecule has 0 saturated heterocycles. The minimum absolute atomic E-state index is 0.0311. The first kappa shape index (κ1) is 33.6. The predicted molar refractivity (Wildman–Crippen MR) is 189 cm³/mol. The number of nitrogens with zero attached hydrogens (tertiary/aromatic N) is 6. The second kappa shape index (κ2) is 12.8. The molecule has 0 bridgehead atoms. The number of fused-ring (bicyclic) bond motifs is 3. The SMILES string of the molecule is COCCOc1cc(F)cc(F)c1-c1c(-c2cc3n(n2)[C@@H](C)CN(C(=O)OC(C)(C)C)[C@@H]3C)nc(-c2ccc3c(cnn3C)c2)c2ccsc12. The number of pyridine rings is 1. The highest BCUT2D eigenvalue weighted by Crippen LogP contribution is 2.48. The zero-order valence-electron chi connectivity index (χ0n) is 29.0. The minimum atomic E-state index is -0.790. The summed E-state index contributed by atoms with van der Waals surface area (Å²) >= 11 is 1.43. The van der Waals surface area contributed by atoms with E-state index in [9.17, 15) is 9.18 Å². The standard InChI is InChI=1S/C37H38F2N6O4S/c1-20-19-44(36(46)49-37(3,4)5)21(2)29-17-27(42-45(20)29)34-32(31-26(39)15-24(38)16-30(31)48-12-11-47-7)35-25(10-13-50-35)33(41-34)22-8-9-28-23(14-22)18-40-43(28)6/h8-10,13-18,20-21H,11-12,19H2,1-7H3/t20-,21+/m0/s1. The quantitative estimate of drug-likeness (QED) is 0.154. The molecule has 1 aliphatic heterocycles. The molecule has 260 valence electrons. The van der Waals surface area contributed by atoms with Gasteiger partial charge in [0.15, 0.2) is 0 Å². The first-order valence-electron chi connectivity index (χ1n) is 16.4. The molecule has 10 nitrogen and oxygen atoms in total. The van der Waals surface area contributed by atoms with Crippen LogP contribution in [0.1, 0.15) is 52.4 Å². The van der Waals surface area contributed by atoms with Crippen molar-refractivity contribution in [2.75, 3.05) is 26.9 Å². The molecule has 4 aromatic heterocycles. The number of hydrogen-bond acceptors (Lipinski definition) is 8. The van der Waals surface area contributed by atoms with Gasteiger partial charge in [0.1, 0.15) is 41.0 Å². The molecule has 0 radical (unpaired) electrons. The van der Waals surface area contributed by atoms with Gasteiger partial charge in [-0.05, 0) is 64.3 Å². The highest BCUT2D eigenvalue weighted by molar-refractivity contribution is 7.18. The van der Waals surface area contributed by atoms with Crippen LogP contribution < -0.4 is 4.74 Å². The molecule has 0 unspecified atom stereocenters. The summed E-state index contributed by atoms with van der Waals surface area (Å²) in [5.41, 5.74) is 4.00. The molecule has 0 saturated carbocycles. The number of rotatable bonds is 7. The molecule has 6 aromatic rings. The van der Waals surface area contributed by atoms with Crippen molar-refractivity contribution in [2.45, 2.75) is 52.3 Å². The van der Waals surface area contributed by atoms with E-state index in [-0.39, 0.29) is 36.6 Å². The fraction of sp³-hybridized carbons (Fsp3) is 0.351. The number of amides is 1. The maximum atomic E-state index is 16.2. The van der Waals surface area contributed by atoms with Crippen LogP contribution in [0.4, 0.5) is 13.6 Å². The predicted octanol–water partition coefficient (Wildman–Crippen LogP) is 8.56. The van der Waals surface area contributed by atoms with E-state index in [2.05, 4.69) is 5.10 Å². The lowest BCUT2D eigenvalue weighted by Crippen LogP contribution is -2.45. The number of benzene rings is 2. The number of hydrogen-bond donors (Lipinski definition) is 0. The summed E-state index contributed by atoms with van der Waals surface area (Å²) in [6.07, 6.45) is 1.39. The van der Waals surface area contributed by atoms with Crippen LogP contribution in [-0.2, 0) is 16.5 Å². The topological polar surface area (TPSA) is 96.5 Å². The van der Waals surface area contributed by atoms with Crippen molar-refractivity contribution in [1.29, 1.82) is 0 Å². The van der Waals surface area contributed by atoms with Crippen LogP contribution in [-0.4, -0.2) is 68.0 Å². The number of carbonyl (C=O) groups excluding carboxylic acids is 1. The zero-order valence-corrected chi connectivity index (χ0v) is 29.8. The van der Waals surface area contributed by atoms with Gasteiger partial charge >= 0.3 is 6.09 Å². The van der Waals surface area contributed by atoms with Crippen LogP contribution in [0.2, 0.25) is 0 Å². The molecular weight excluding hydrogens is 663 g/mol. The summed E-state index contributed by atoms with van der Waals surface area (Å²) in [6, 6.07) is 11.3. The Bertz CT molecular complexity index is 2250. The highest BCUT2D eigenvalue weighted by Gasteiger charge is 2.36. The number of halogens is 2. The van der Waals surface area contributed by atoms with Gasteiger partial charge in [-0.3, -0.25) is 14.3 Å². The molecule has 1 amide bonds. The molecule has 0 fully saturated rings. The average molecular weight is 701 g/mol. The molecule has 0 spiro atoms. The first-order valence-corrected chi connectivity index (χ1v) is 17.3. The van der Waals surface area contributed by atoms with Crippen molar-refractivity contribution in [2.24, 2.45) is 7.05 Å². The van der Waals surface area contributed by atoms with Crippen LogP contribution in [0.25, 0.3) is 54.8 Å². The van der Waals surface area contributed by atoms with Crippen LogP contribution in [0.5, 0.6) is 5.75 Å². The Morgan fingerprint density at radius 2 is 1.84 bits per heavy atom. The van der Waals surface area contributed by atoms with Gasteiger partial charge in [0.25, 0.3) is 0 Å². The lowest BCUT2D eigenvalue weighted by molar-refractivity contribution is 0.00865. The van der Waals surface area contributed by atoms with Crippen molar-refractivity contribution in [1.82, 2.24) is 29.4 Å². The molecule has 13 heteroatoms. The Labute approximate surface area is 292 Å². The van der Waals surface area contributed by atoms with E-state index in [0.717, 1.165) is 38.3 Å². The molecule has 2 aromatic carbocycles. The summed E-state index contributed by atoms with van der Waals surface area (Å²) in [5, 5.41) is 13.1. The normalized spacial score (nSPS) is 16.3. The molecule has 7 rings (SSSR count). The third-order valence-corrected chi connectivity index (χ3v) is 9.78. The van der Waals surface area contributed by atoms with Gasteiger partial charge in [-0.15, -0.1) is 11.3 Å². The molecule has 0 aliphatic carbocycles. The third-order valence-electron chi connectivity index (χ3n) is 8.85. The van der Waals surface area contributed by atoms with E-state index in [1.54, 1.807) is 11.1 Å². The minimum Gasteiger partial charge on any atom is -0.490 e. The first-order chi connectivity index (χ1) is 23.8. The lowest BCUT2D eigenvalue weighted by atomic mass is 9.96. The second-order valence-electron chi connectivity index (χ2n) is 13.5. The summed E-state index contributed by atoms with van der Waals surface area (Å²) in [6.45, 7) is 10.1. The molecule has 50 heavy (non-hydrogen) atoms. The summed E-state index contributed by atoms with van der Waals surface area (Å²) in [7, 11) is 3.42. The van der Waals surface area contributed by atoms with Gasteiger partial charge in [0.05, 0.1) is 47.4 Å². The summed E-state index contributed by atoms with van der Waals surface area (Å²) in [5.74, 6) is -1.52. The maximum absolute atomic E-state index is 16.2. The Hall–Kier alpha value is -4.88. The van der Waals surface area contributed by atoms with E-state index in [1.165, 1.54) is 24.5 Å². The molecule has 5 heterocycles. The van der Waals surface area contributed by atoms with Crippen molar-refractivity contribution in [3.63, 3.8) is 0 Å². The van der Waals surface area contributed by atoms with Gasteiger partial charge < -0.3 is 14.2 Å². The molecule has 0 N–H and O–H groups in total. The average Bonchev–Trinajstić information content (AvgIpc) is 3.81. The van der Waals surface area contributed by atoms with Crippen molar-refractivity contribution < 1.29 is 27.8 Å². The Balaban J connectivity index is 1.47. The number of ether oxygens (including phenoxy) is 3. The van der Waals surface area contributed by atoms with Crippen molar-refractivity contribution >= 4 is 38.4 Å². The number of aromatic nitrogens is 5. The van der Waals surface area contributed by atoms with E-state index < -0.39 is 23.3 Å². The van der Waals surface area contributed by atoms with Crippen LogP contribution in [0, 0.1) is 11.6 Å². The van der Waals surface area contributed by atoms with Gasteiger partial charge in [-0.25, -0.2) is 18.6 Å². The lowest BCUT2D eigenvalue weighted by Gasteiger charge is -2.38. The Morgan fingerprint density at radius 1 is 1.04 bits per heavy atom. The van der Waals surface area contributed by atoms with Gasteiger partial charge in [-0.2, -0.15) is 10.2 Å². The number of thiophene rings is 1. The summed E-state index contributed by atoms with van der Waals surface area (Å²) < 4.78 is 52.2. The van der Waals surface area contributed by atoms with Crippen LogP contribution in [0.15, 0.2) is 54.0 Å². The van der Waals surface area contributed by atoms with E-state index in [1.807, 2.05) is 86.7 Å². The fourth-order valence-electron chi connectivity index (χ4n) is 6.54. The largest absolute Gasteiger partial charge is 0.490 e. The number of aryl methyl sites for hydroxylation is 1. The van der Waals surface area contributed by atoms with E-state index in [0.29, 0.717) is 29.2 Å². The van der Waals surface area contributed by atoms with Crippen molar-refractivity contribution in [3.05, 3.63) is 71.4 Å². The van der Waals surface area contributed by atoms with Crippen molar-refractivity contribution in [3.8, 4) is 39.5 Å². The fourth-order valence-corrected chi connectivity index (χ4v) is 7.49. The summed E-state index contributed by atoms with van der Waals surface area (Å²) in [4.78, 5) is 20.2. The van der Waals surface area contributed by atoms with Crippen LogP contribution in [0.3, 0.4) is 0 Å². The van der Waals surface area contributed by atoms with Crippen LogP contribution >= 0.6 is 11.3 Å². The molecule has 1 aliphatic rings. The Kier molecular flexibility index (Phi) is 8.59. The molecular formula is C37H38F2N6O4S. The highest BCUT2D eigenvalue weighted by atomic mass is 32.1. The monoisotopic (exact) mass is 700 g/mol. The van der Waals surface area contributed by atoms with E-state index in [4.69, 9.17) is 24.3 Å².